The number of rotatable bonds is 6. The normalized spacial score (nSPS) is 12.6. The maximum Gasteiger partial charge on any atom is 0.161 e. The minimum Gasteiger partial charge on any atom is -0.493 e. The summed E-state index contributed by atoms with van der Waals surface area (Å²) in [6.07, 6.45) is 1.75. The summed E-state index contributed by atoms with van der Waals surface area (Å²) < 4.78 is 7.38. The predicted octanol–water partition coefficient (Wildman–Crippen LogP) is 3.33. The van der Waals surface area contributed by atoms with Gasteiger partial charge in [-0.1, -0.05) is 18.5 Å². The van der Waals surface area contributed by atoms with Crippen molar-refractivity contribution in [2.45, 2.75) is 26.4 Å². The second kappa shape index (κ2) is 6.41. The molecule has 1 atom stereocenters. The van der Waals surface area contributed by atoms with Crippen LogP contribution in [-0.2, 0) is 6.54 Å². The second-order valence-electron chi connectivity index (χ2n) is 4.04. The van der Waals surface area contributed by atoms with Crippen molar-refractivity contribution in [2.24, 2.45) is 0 Å². The predicted molar refractivity (Wildman–Crippen MR) is 79.3 cm³/mol. The Labute approximate surface area is 122 Å². The molecule has 4 nitrogen and oxygen atoms in total. The number of thiophene rings is 1. The number of nitrogens with zero attached hydrogens (tertiary/aromatic N) is 2. The first-order valence-electron chi connectivity index (χ1n) is 6.28. The van der Waals surface area contributed by atoms with E-state index in [-0.39, 0.29) is 6.04 Å². The molecule has 2 rings (SSSR count). The van der Waals surface area contributed by atoms with Crippen LogP contribution in [-0.4, -0.2) is 23.4 Å². The van der Waals surface area contributed by atoms with E-state index in [0.29, 0.717) is 0 Å². The highest BCUT2D eigenvalue weighted by Crippen LogP contribution is 2.36. The monoisotopic (exact) mass is 299 g/mol. The lowest BCUT2D eigenvalue weighted by molar-refractivity contribution is 0.400. The number of methoxy groups -OCH3 is 1. The van der Waals surface area contributed by atoms with Gasteiger partial charge in [0.2, 0.25) is 0 Å². The largest absolute Gasteiger partial charge is 0.493 e. The average Bonchev–Trinajstić information content (AvgIpc) is 3.01. The van der Waals surface area contributed by atoms with Crippen LogP contribution >= 0.6 is 22.9 Å². The van der Waals surface area contributed by atoms with Crippen molar-refractivity contribution in [1.29, 1.82) is 0 Å². The van der Waals surface area contributed by atoms with Crippen molar-refractivity contribution < 1.29 is 4.74 Å². The number of aromatic nitrogens is 2. The zero-order valence-electron chi connectivity index (χ0n) is 11.3. The molecule has 0 radical (unpaired) electrons. The molecule has 6 heteroatoms. The third kappa shape index (κ3) is 2.78. The molecule has 1 unspecified atom stereocenters. The summed E-state index contributed by atoms with van der Waals surface area (Å²) in [6.45, 7) is 5.78. The van der Waals surface area contributed by atoms with Crippen molar-refractivity contribution in [3.05, 3.63) is 33.2 Å². The van der Waals surface area contributed by atoms with Crippen molar-refractivity contribution in [1.82, 2.24) is 15.1 Å². The van der Waals surface area contributed by atoms with E-state index in [1.165, 1.54) is 0 Å². The molecule has 0 aromatic carbocycles. The van der Waals surface area contributed by atoms with Crippen LogP contribution in [0.3, 0.4) is 0 Å². The molecule has 0 aliphatic carbocycles. The fraction of sp³-hybridized carbons (Fsp3) is 0.462. The van der Waals surface area contributed by atoms with Gasteiger partial charge in [0.1, 0.15) is 5.69 Å². The van der Waals surface area contributed by atoms with Gasteiger partial charge in [0.25, 0.3) is 0 Å². The lowest BCUT2D eigenvalue weighted by Gasteiger charge is -2.19. The van der Waals surface area contributed by atoms with Gasteiger partial charge in [0, 0.05) is 11.4 Å². The van der Waals surface area contributed by atoms with Gasteiger partial charge in [-0.3, -0.25) is 4.68 Å². The molecule has 0 fully saturated rings. The van der Waals surface area contributed by atoms with Crippen LogP contribution in [0.1, 0.15) is 30.5 Å². The average molecular weight is 300 g/mol. The van der Waals surface area contributed by atoms with Gasteiger partial charge in [-0.15, -0.1) is 11.3 Å². The van der Waals surface area contributed by atoms with Gasteiger partial charge < -0.3 is 10.1 Å². The number of nitrogens with one attached hydrogen (secondary N) is 1. The first-order chi connectivity index (χ1) is 9.22. The molecule has 0 amide bonds. The molecule has 0 saturated carbocycles. The summed E-state index contributed by atoms with van der Waals surface area (Å²) in [5, 5.41) is 10.6. The fourth-order valence-corrected chi connectivity index (χ4v) is 3.35. The number of halogens is 1. The molecule has 0 aliphatic heterocycles. The Hall–Kier alpha value is -1.04. The molecule has 0 aliphatic rings. The van der Waals surface area contributed by atoms with Crippen LogP contribution in [0.5, 0.6) is 5.75 Å². The van der Waals surface area contributed by atoms with Gasteiger partial charge in [-0.25, -0.2) is 0 Å². The van der Waals surface area contributed by atoms with E-state index >= 15 is 0 Å². The summed E-state index contributed by atoms with van der Waals surface area (Å²) in [5.74, 6) is 0.789. The standard InChI is InChI=1S/C13H18ClN3OS/c1-4-15-11(13-9(14)6-7-19-13)12-10(18-3)8-16-17(12)5-2/h6-8,11,15H,4-5H2,1-3H3. The van der Waals surface area contributed by atoms with Crippen LogP contribution in [0.2, 0.25) is 5.02 Å². The summed E-state index contributed by atoms with van der Waals surface area (Å²) in [4.78, 5) is 1.09. The van der Waals surface area contributed by atoms with Gasteiger partial charge in [-0.2, -0.15) is 5.10 Å². The Kier molecular flexibility index (Phi) is 4.85. The van der Waals surface area contributed by atoms with Crippen molar-refractivity contribution in [2.75, 3.05) is 13.7 Å². The van der Waals surface area contributed by atoms with E-state index in [9.17, 15) is 0 Å². The van der Waals surface area contributed by atoms with Gasteiger partial charge in [0.05, 0.1) is 24.4 Å². The molecule has 2 heterocycles. The first kappa shape index (κ1) is 14.4. The highest BCUT2D eigenvalue weighted by atomic mass is 35.5. The Morgan fingerprint density at radius 3 is 2.84 bits per heavy atom. The Morgan fingerprint density at radius 2 is 2.32 bits per heavy atom. The third-order valence-electron chi connectivity index (χ3n) is 2.95. The lowest BCUT2D eigenvalue weighted by atomic mass is 10.1. The van der Waals surface area contributed by atoms with E-state index in [1.807, 2.05) is 16.1 Å². The van der Waals surface area contributed by atoms with E-state index in [2.05, 4.69) is 24.3 Å². The summed E-state index contributed by atoms with van der Waals surface area (Å²) in [6, 6.07) is 1.93. The molecule has 104 valence electrons. The SMILES string of the molecule is CCNC(c1sccc1Cl)c1c(OC)cnn1CC. The molecule has 0 bridgehead atoms. The first-order valence-corrected chi connectivity index (χ1v) is 7.54. The van der Waals surface area contributed by atoms with Crippen molar-refractivity contribution in [3.8, 4) is 5.75 Å². The summed E-state index contributed by atoms with van der Waals surface area (Å²) in [7, 11) is 1.67. The molecule has 19 heavy (non-hydrogen) atoms. The summed E-state index contributed by atoms with van der Waals surface area (Å²) >= 11 is 7.92. The van der Waals surface area contributed by atoms with Gasteiger partial charge in [-0.05, 0) is 24.9 Å². The summed E-state index contributed by atoms with van der Waals surface area (Å²) in [5.41, 5.74) is 1.02. The topological polar surface area (TPSA) is 39.1 Å². The van der Waals surface area contributed by atoms with E-state index in [1.54, 1.807) is 24.6 Å². The lowest BCUT2D eigenvalue weighted by Crippen LogP contribution is -2.24. The van der Waals surface area contributed by atoms with E-state index < -0.39 is 0 Å². The number of ether oxygens (including phenoxy) is 1. The minimum atomic E-state index is 0.00917. The molecule has 2 aromatic rings. The van der Waals surface area contributed by atoms with Gasteiger partial charge in [0.15, 0.2) is 5.75 Å². The van der Waals surface area contributed by atoms with Crippen LogP contribution in [0, 0.1) is 0 Å². The number of aryl methyl sites for hydroxylation is 1. The van der Waals surface area contributed by atoms with Crippen LogP contribution in [0.25, 0.3) is 0 Å². The molecule has 0 spiro atoms. The molecule has 2 aromatic heterocycles. The highest BCUT2D eigenvalue weighted by Gasteiger charge is 2.25. The smallest absolute Gasteiger partial charge is 0.161 e. The number of hydrogen-bond acceptors (Lipinski definition) is 4. The number of hydrogen-bond donors (Lipinski definition) is 1. The molecule has 0 saturated heterocycles. The van der Waals surface area contributed by atoms with E-state index in [4.69, 9.17) is 16.3 Å². The molecular weight excluding hydrogens is 282 g/mol. The molecule has 1 N–H and O–H groups in total. The zero-order valence-corrected chi connectivity index (χ0v) is 12.9. The van der Waals surface area contributed by atoms with Crippen LogP contribution in [0.4, 0.5) is 0 Å². The maximum absolute atomic E-state index is 6.28. The van der Waals surface area contributed by atoms with Crippen LogP contribution in [0.15, 0.2) is 17.6 Å². The van der Waals surface area contributed by atoms with E-state index in [0.717, 1.165) is 34.4 Å². The Morgan fingerprint density at radius 1 is 1.53 bits per heavy atom. The second-order valence-corrected chi connectivity index (χ2v) is 5.39. The highest BCUT2D eigenvalue weighted by molar-refractivity contribution is 7.10. The maximum atomic E-state index is 6.28. The van der Waals surface area contributed by atoms with Crippen molar-refractivity contribution in [3.63, 3.8) is 0 Å². The zero-order chi connectivity index (χ0) is 13.8. The quantitative estimate of drug-likeness (QED) is 0.889. The molecular formula is C13H18ClN3OS. The third-order valence-corrected chi connectivity index (χ3v) is 4.38. The fourth-order valence-electron chi connectivity index (χ4n) is 2.11. The Balaban J connectivity index is 2.50. The Bertz CT molecular complexity index is 516. The van der Waals surface area contributed by atoms with Crippen molar-refractivity contribution >= 4 is 22.9 Å². The minimum absolute atomic E-state index is 0.00917. The van der Waals surface area contributed by atoms with Crippen LogP contribution < -0.4 is 10.1 Å². The van der Waals surface area contributed by atoms with Gasteiger partial charge >= 0.3 is 0 Å².